The van der Waals surface area contributed by atoms with Crippen molar-refractivity contribution in [3.8, 4) is 11.4 Å². The van der Waals surface area contributed by atoms with Crippen LogP contribution in [0.5, 0.6) is 0 Å². The first kappa shape index (κ1) is 19.9. The van der Waals surface area contributed by atoms with Gasteiger partial charge in [0.25, 0.3) is 0 Å². The van der Waals surface area contributed by atoms with Crippen LogP contribution in [0.4, 0.5) is 11.4 Å². The molecule has 2 aromatic carbocycles. The molecule has 3 aromatic rings. The van der Waals surface area contributed by atoms with Crippen molar-refractivity contribution < 1.29 is 9.32 Å². The minimum atomic E-state index is -0.0955. The van der Waals surface area contributed by atoms with Gasteiger partial charge in [0.15, 0.2) is 0 Å². The summed E-state index contributed by atoms with van der Waals surface area (Å²) in [6.45, 7) is 6.14. The number of amides is 1. The molecule has 0 saturated heterocycles. The standard InChI is InChI=1S/C21H23ClN4O2/c1-3-26(4-2)18-11-9-17(10-12-18)23-19(27)13-14-20-24-21(25-28-20)15-5-7-16(22)8-6-15/h5-12H,3-4,13-14H2,1-2H3,(H,23,27). The number of carbonyl (C=O) groups excluding carboxylic acids is 1. The maximum absolute atomic E-state index is 12.2. The molecule has 1 heterocycles. The minimum absolute atomic E-state index is 0.0955. The zero-order valence-electron chi connectivity index (χ0n) is 16.0. The number of aromatic nitrogens is 2. The number of aryl methyl sites for hydroxylation is 1. The van der Waals surface area contributed by atoms with Gasteiger partial charge in [0.1, 0.15) is 0 Å². The van der Waals surface area contributed by atoms with E-state index in [0.29, 0.717) is 23.2 Å². The first-order valence-corrected chi connectivity index (χ1v) is 9.70. The van der Waals surface area contributed by atoms with Crippen molar-refractivity contribution in [2.75, 3.05) is 23.3 Å². The summed E-state index contributed by atoms with van der Waals surface area (Å²) in [5.41, 5.74) is 2.73. The summed E-state index contributed by atoms with van der Waals surface area (Å²) in [6, 6.07) is 15.0. The van der Waals surface area contributed by atoms with Gasteiger partial charge in [0, 0.05) is 47.9 Å². The number of rotatable bonds is 8. The van der Waals surface area contributed by atoms with Crippen LogP contribution in [0.25, 0.3) is 11.4 Å². The molecule has 0 atom stereocenters. The van der Waals surface area contributed by atoms with Crippen LogP contribution < -0.4 is 10.2 Å². The van der Waals surface area contributed by atoms with Crippen LogP contribution in [-0.4, -0.2) is 29.1 Å². The molecular weight excluding hydrogens is 376 g/mol. The molecule has 1 N–H and O–H groups in total. The van der Waals surface area contributed by atoms with E-state index in [-0.39, 0.29) is 12.3 Å². The Morgan fingerprint density at radius 3 is 2.39 bits per heavy atom. The Morgan fingerprint density at radius 2 is 1.75 bits per heavy atom. The van der Waals surface area contributed by atoms with Crippen LogP contribution >= 0.6 is 11.6 Å². The average molecular weight is 399 g/mol. The summed E-state index contributed by atoms with van der Waals surface area (Å²) in [5.74, 6) is 0.817. The van der Waals surface area contributed by atoms with Gasteiger partial charge < -0.3 is 14.7 Å². The molecule has 0 bridgehead atoms. The molecule has 1 aromatic heterocycles. The van der Waals surface area contributed by atoms with E-state index >= 15 is 0 Å². The van der Waals surface area contributed by atoms with Crippen molar-refractivity contribution in [2.45, 2.75) is 26.7 Å². The molecule has 6 nitrogen and oxygen atoms in total. The molecule has 7 heteroatoms. The highest BCUT2D eigenvalue weighted by Gasteiger charge is 2.11. The highest BCUT2D eigenvalue weighted by molar-refractivity contribution is 6.30. The van der Waals surface area contributed by atoms with Gasteiger partial charge in [0.2, 0.25) is 17.6 Å². The lowest BCUT2D eigenvalue weighted by Gasteiger charge is -2.21. The van der Waals surface area contributed by atoms with Crippen molar-refractivity contribution in [3.63, 3.8) is 0 Å². The molecule has 3 rings (SSSR count). The van der Waals surface area contributed by atoms with Crippen molar-refractivity contribution >= 4 is 28.9 Å². The molecule has 0 aliphatic carbocycles. The Morgan fingerprint density at radius 1 is 1.07 bits per heavy atom. The first-order valence-electron chi connectivity index (χ1n) is 9.32. The van der Waals surface area contributed by atoms with Crippen LogP contribution in [0.15, 0.2) is 53.1 Å². The van der Waals surface area contributed by atoms with Gasteiger partial charge in [-0.25, -0.2) is 0 Å². The molecule has 0 saturated carbocycles. The minimum Gasteiger partial charge on any atom is -0.372 e. The van der Waals surface area contributed by atoms with Crippen LogP contribution in [-0.2, 0) is 11.2 Å². The van der Waals surface area contributed by atoms with Gasteiger partial charge in [0.05, 0.1) is 0 Å². The lowest BCUT2D eigenvalue weighted by atomic mass is 10.2. The molecule has 0 aliphatic heterocycles. The molecule has 146 valence electrons. The smallest absolute Gasteiger partial charge is 0.227 e. The Hall–Kier alpha value is -2.86. The van der Waals surface area contributed by atoms with E-state index < -0.39 is 0 Å². The van der Waals surface area contributed by atoms with E-state index in [9.17, 15) is 4.79 Å². The SMILES string of the molecule is CCN(CC)c1ccc(NC(=O)CCc2nc(-c3ccc(Cl)cc3)no2)cc1. The maximum Gasteiger partial charge on any atom is 0.227 e. The largest absolute Gasteiger partial charge is 0.372 e. The lowest BCUT2D eigenvalue weighted by Crippen LogP contribution is -2.21. The molecule has 0 fully saturated rings. The predicted molar refractivity (Wildman–Crippen MR) is 112 cm³/mol. The zero-order valence-corrected chi connectivity index (χ0v) is 16.7. The van der Waals surface area contributed by atoms with Gasteiger partial charge in [-0.15, -0.1) is 0 Å². The van der Waals surface area contributed by atoms with E-state index in [1.807, 2.05) is 36.4 Å². The fraction of sp³-hybridized carbons (Fsp3) is 0.286. The van der Waals surface area contributed by atoms with Gasteiger partial charge in [-0.3, -0.25) is 4.79 Å². The molecule has 0 unspecified atom stereocenters. The molecule has 0 radical (unpaired) electrons. The lowest BCUT2D eigenvalue weighted by molar-refractivity contribution is -0.116. The second kappa shape index (κ2) is 9.37. The van der Waals surface area contributed by atoms with E-state index in [0.717, 1.165) is 30.0 Å². The number of hydrogen-bond donors (Lipinski definition) is 1. The summed E-state index contributed by atoms with van der Waals surface area (Å²) in [7, 11) is 0. The highest BCUT2D eigenvalue weighted by atomic mass is 35.5. The van der Waals surface area contributed by atoms with Crippen LogP contribution in [0.3, 0.4) is 0 Å². The summed E-state index contributed by atoms with van der Waals surface area (Å²) in [5, 5.41) is 7.50. The van der Waals surface area contributed by atoms with E-state index in [2.05, 4.69) is 34.2 Å². The van der Waals surface area contributed by atoms with Gasteiger partial charge in [-0.2, -0.15) is 4.98 Å². The quantitative estimate of drug-likeness (QED) is 0.589. The number of nitrogens with zero attached hydrogens (tertiary/aromatic N) is 3. The fourth-order valence-corrected chi connectivity index (χ4v) is 2.99. The number of nitrogens with one attached hydrogen (secondary N) is 1. The Bertz CT molecular complexity index is 903. The summed E-state index contributed by atoms with van der Waals surface area (Å²) < 4.78 is 5.24. The second-order valence-electron chi connectivity index (χ2n) is 6.29. The third-order valence-corrected chi connectivity index (χ3v) is 4.67. The van der Waals surface area contributed by atoms with E-state index in [1.165, 1.54) is 0 Å². The average Bonchev–Trinajstić information content (AvgIpc) is 3.18. The van der Waals surface area contributed by atoms with Gasteiger partial charge >= 0.3 is 0 Å². The van der Waals surface area contributed by atoms with Gasteiger partial charge in [-0.1, -0.05) is 16.8 Å². The number of benzene rings is 2. The van der Waals surface area contributed by atoms with Crippen molar-refractivity contribution in [2.24, 2.45) is 0 Å². The number of carbonyl (C=O) groups is 1. The number of halogens is 1. The number of anilines is 2. The van der Waals surface area contributed by atoms with Crippen LogP contribution in [0.1, 0.15) is 26.2 Å². The van der Waals surface area contributed by atoms with E-state index in [4.69, 9.17) is 16.1 Å². The summed E-state index contributed by atoms with van der Waals surface area (Å²) in [6.07, 6.45) is 0.643. The highest BCUT2D eigenvalue weighted by Crippen LogP contribution is 2.20. The first-order chi connectivity index (χ1) is 13.6. The van der Waals surface area contributed by atoms with Crippen molar-refractivity contribution in [3.05, 3.63) is 59.4 Å². The molecule has 1 amide bonds. The van der Waals surface area contributed by atoms with E-state index in [1.54, 1.807) is 12.1 Å². The molecule has 0 spiro atoms. The zero-order chi connectivity index (χ0) is 19.9. The maximum atomic E-state index is 12.2. The Balaban J connectivity index is 1.52. The molecule has 28 heavy (non-hydrogen) atoms. The summed E-state index contributed by atoms with van der Waals surface area (Å²) in [4.78, 5) is 18.8. The fourth-order valence-electron chi connectivity index (χ4n) is 2.86. The summed E-state index contributed by atoms with van der Waals surface area (Å²) >= 11 is 5.88. The normalized spacial score (nSPS) is 10.7. The second-order valence-corrected chi connectivity index (χ2v) is 6.72. The molecular formula is C21H23ClN4O2. The predicted octanol–water partition coefficient (Wildman–Crippen LogP) is 4.81. The van der Waals surface area contributed by atoms with Gasteiger partial charge in [-0.05, 0) is 62.4 Å². The topological polar surface area (TPSA) is 71.3 Å². The third kappa shape index (κ3) is 5.10. The monoisotopic (exact) mass is 398 g/mol. The van der Waals surface area contributed by atoms with Crippen molar-refractivity contribution in [1.29, 1.82) is 0 Å². The number of hydrogen-bond acceptors (Lipinski definition) is 5. The van der Waals surface area contributed by atoms with Crippen LogP contribution in [0.2, 0.25) is 5.02 Å². The van der Waals surface area contributed by atoms with Crippen LogP contribution in [0, 0.1) is 0 Å². The Kier molecular flexibility index (Phi) is 6.66. The third-order valence-electron chi connectivity index (χ3n) is 4.42. The molecule has 0 aliphatic rings. The van der Waals surface area contributed by atoms with Crippen molar-refractivity contribution in [1.82, 2.24) is 10.1 Å². The Labute approximate surface area is 169 Å².